The van der Waals surface area contributed by atoms with Crippen molar-refractivity contribution in [1.29, 1.82) is 0 Å². The van der Waals surface area contributed by atoms with Crippen molar-refractivity contribution in [3.05, 3.63) is 34.9 Å². The lowest BCUT2D eigenvalue weighted by Gasteiger charge is -2.39. The van der Waals surface area contributed by atoms with Crippen LogP contribution in [0.15, 0.2) is 35.1 Å². The van der Waals surface area contributed by atoms with Gasteiger partial charge in [-0.3, -0.25) is 19.2 Å². The van der Waals surface area contributed by atoms with Crippen LogP contribution in [0.25, 0.3) is 0 Å². The summed E-state index contributed by atoms with van der Waals surface area (Å²) < 4.78 is 29.6. The molecule has 3 amide bonds. The number of carboxylic acid groups (broad SMARTS) is 1. The number of carbonyl (C=O) groups is 4. The van der Waals surface area contributed by atoms with Crippen molar-refractivity contribution >= 4 is 56.8 Å². The third kappa shape index (κ3) is 8.02. The van der Waals surface area contributed by atoms with E-state index < -0.39 is 51.8 Å². The average Bonchev–Trinajstić information content (AvgIpc) is 3.50. The van der Waals surface area contributed by atoms with Crippen molar-refractivity contribution in [2.45, 2.75) is 42.4 Å². The highest BCUT2D eigenvalue weighted by Crippen LogP contribution is 2.22. The quantitative estimate of drug-likeness (QED) is 0.251. The molecule has 5 N–H and O–H groups in total. The molecule has 1 aliphatic rings. The number of sulfonamides is 1. The van der Waals surface area contributed by atoms with E-state index in [4.69, 9.17) is 10.8 Å². The predicted molar refractivity (Wildman–Crippen MR) is 136 cm³/mol. The number of aromatic nitrogens is 2. The van der Waals surface area contributed by atoms with E-state index in [0.717, 1.165) is 16.6 Å². The summed E-state index contributed by atoms with van der Waals surface area (Å²) in [7, 11) is -2.35. The number of nitrogens with zero attached hydrogens (tertiary/aromatic N) is 3. The number of piperidine rings is 1. The Morgan fingerprint density at radius 3 is 2.68 bits per heavy atom. The number of hydrogen-bond donors (Lipinski definition) is 4. The van der Waals surface area contributed by atoms with Crippen LogP contribution in [-0.4, -0.2) is 87.8 Å². The molecular weight excluding hydrogens is 544 g/mol. The maximum atomic E-state index is 13.3. The lowest BCUT2D eigenvalue weighted by atomic mass is 9.96. The normalized spacial score (nSPS) is 18.8. The molecule has 3 atom stereocenters. The van der Waals surface area contributed by atoms with Crippen molar-refractivity contribution in [3.8, 4) is 0 Å². The van der Waals surface area contributed by atoms with Gasteiger partial charge in [-0.15, -0.1) is 23.1 Å². The van der Waals surface area contributed by atoms with Gasteiger partial charge in [0.1, 0.15) is 12.1 Å². The van der Waals surface area contributed by atoms with Gasteiger partial charge in [0.05, 0.1) is 17.8 Å². The van der Waals surface area contributed by atoms with Crippen molar-refractivity contribution in [1.82, 2.24) is 24.5 Å². The number of nitrogens with one attached hydrogen (secondary N) is 2. The molecule has 16 heteroatoms. The van der Waals surface area contributed by atoms with E-state index in [2.05, 4.69) is 15.0 Å². The third-order valence-corrected chi connectivity index (χ3v) is 8.81. The van der Waals surface area contributed by atoms with E-state index in [1.54, 1.807) is 19.2 Å². The predicted octanol–water partition coefficient (Wildman–Crippen LogP) is -0.850. The molecule has 1 fully saturated rings. The van der Waals surface area contributed by atoms with Crippen LogP contribution in [0, 0.1) is 0 Å². The standard InChI is InChI=1S/C21H28N6O7S3/c1-26-9-17(23-12-26)37(33,34)25-13-4-5-27(18(28)10-35-11-19(29)30)16(7-13)21(32)24-15(20(22)31)8-14-3-2-6-36-14/h2-3,6,9,12-13,15-16,25H,4-5,7-8,10-11H2,1H3,(H2,22,31)(H,24,32)(H,29,30)/t13-,15-,16-/m0/s1. The molecular formula is C21H28N6O7S3. The molecule has 0 saturated carbocycles. The van der Waals surface area contributed by atoms with Crippen LogP contribution in [0.4, 0.5) is 0 Å². The first-order valence-corrected chi connectivity index (χ1v) is 14.7. The van der Waals surface area contributed by atoms with Crippen LogP contribution < -0.4 is 15.8 Å². The van der Waals surface area contributed by atoms with Gasteiger partial charge in [-0.2, -0.15) is 0 Å². The summed E-state index contributed by atoms with van der Waals surface area (Å²) in [5.74, 6) is -3.40. The number of rotatable bonds is 12. The molecule has 0 radical (unpaired) electrons. The van der Waals surface area contributed by atoms with E-state index in [1.165, 1.54) is 33.3 Å². The number of primary amides is 1. The smallest absolute Gasteiger partial charge is 0.313 e. The molecule has 3 rings (SSSR count). The number of aryl methyl sites for hydroxylation is 1. The molecule has 1 saturated heterocycles. The molecule has 13 nitrogen and oxygen atoms in total. The van der Waals surface area contributed by atoms with Crippen LogP contribution >= 0.6 is 23.1 Å². The van der Waals surface area contributed by atoms with E-state index in [1.807, 2.05) is 5.38 Å². The van der Waals surface area contributed by atoms with Gasteiger partial charge in [0, 0.05) is 37.1 Å². The van der Waals surface area contributed by atoms with Gasteiger partial charge < -0.3 is 25.6 Å². The van der Waals surface area contributed by atoms with Crippen LogP contribution in [0.3, 0.4) is 0 Å². The summed E-state index contributed by atoms with van der Waals surface area (Å²) in [6, 6.07) is 0.769. The molecule has 0 unspecified atom stereocenters. The van der Waals surface area contributed by atoms with E-state index in [9.17, 15) is 27.6 Å². The Balaban J connectivity index is 1.76. The van der Waals surface area contributed by atoms with E-state index >= 15 is 0 Å². The molecule has 2 aromatic rings. The van der Waals surface area contributed by atoms with E-state index in [0.29, 0.717) is 0 Å². The van der Waals surface area contributed by atoms with Gasteiger partial charge >= 0.3 is 5.97 Å². The minimum absolute atomic E-state index is 0.0477. The molecule has 2 aromatic heterocycles. The first-order valence-electron chi connectivity index (χ1n) is 11.2. The molecule has 0 bridgehead atoms. The first kappa shape index (κ1) is 28.6. The summed E-state index contributed by atoms with van der Waals surface area (Å²) in [5.41, 5.74) is 5.51. The summed E-state index contributed by atoms with van der Waals surface area (Å²) >= 11 is 2.29. The van der Waals surface area contributed by atoms with Gasteiger partial charge in [0.25, 0.3) is 10.0 Å². The third-order valence-electron chi connectivity index (χ3n) is 5.60. The number of carbonyl (C=O) groups excluding carboxylic acids is 3. The Hall–Kier alpha value is -2.95. The highest BCUT2D eigenvalue weighted by Gasteiger charge is 2.39. The number of imidazole rings is 1. The molecule has 37 heavy (non-hydrogen) atoms. The second-order valence-electron chi connectivity index (χ2n) is 8.46. The van der Waals surface area contributed by atoms with Gasteiger partial charge in [-0.05, 0) is 24.3 Å². The molecule has 202 valence electrons. The fourth-order valence-electron chi connectivity index (χ4n) is 3.86. The molecule has 0 spiro atoms. The van der Waals surface area contributed by atoms with Gasteiger partial charge in [-0.25, -0.2) is 18.1 Å². The number of thiophene rings is 1. The Labute approximate surface area is 221 Å². The lowest BCUT2D eigenvalue weighted by Crippen LogP contribution is -2.60. The minimum Gasteiger partial charge on any atom is -0.481 e. The van der Waals surface area contributed by atoms with Gasteiger partial charge in [-0.1, -0.05) is 6.07 Å². The maximum absolute atomic E-state index is 13.3. The second kappa shape index (κ2) is 12.5. The highest BCUT2D eigenvalue weighted by molar-refractivity contribution is 8.00. The summed E-state index contributed by atoms with van der Waals surface area (Å²) in [6.07, 6.45) is 3.02. The fraction of sp³-hybridized carbons (Fsp3) is 0.476. The van der Waals surface area contributed by atoms with Crippen LogP contribution in [0.5, 0.6) is 0 Å². The molecule has 3 heterocycles. The van der Waals surface area contributed by atoms with Crippen molar-refractivity contribution < 1.29 is 32.7 Å². The lowest BCUT2D eigenvalue weighted by molar-refractivity contribution is -0.141. The Bertz CT molecular complexity index is 1230. The number of hydrogen-bond acceptors (Lipinski definition) is 9. The zero-order valence-electron chi connectivity index (χ0n) is 19.9. The molecule has 0 aromatic carbocycles. The molecule has 1 aliphatic heterocycles. The number of amides is 3. The number of likely N-dealkylation sites (tertiary alicyclic amines) is 1. The van der Waals surface area contributed by atoms with Crippen molar-refractivity contribution in [3.63, 3.8) is 0 Å². The van der Waals surface area contributed by atoms with Crippen LogP contribution in [-0.2, 0) is 42.7 Å². The SMILES string of the molecule is Cn1cnc(S(=O)(=O)N[C@H]2CCN(C(=O)CSCC(=O)O)[C@H](C(=O)N[C@@H](Cc3cccs3)C(N)=O)C2)c1. The van der Waals surface area contributed by atoms with Crippen molar-refractivity contribution in [2.75, 3.05) is 18.1 Å². The van der Waals surface area contributed by atoms with Gasteiger partial charge in [0.2, 0.25) is 17.7 Å². The fourth-order valence-corrected chi connectivity index (χ4v) is 6.49. The second-order valence-corrected chi connectivity index (χ2v) is 12.1. The van der Waals surface area contributed by atoms with E-state index in [-0.39, 0.29) is 42.3 Å². The molecule has 0 aliphatic carbocycles. The Morgan fingerprint density at radius 1 is 1.32 bits per heavy atom. The van der Waals surface area contributed by atoms with Gasteiger partial charge in [0.15, 0.2) is 5.03 Å². The first-order chi connectivity index (χ1) is 17.5. The average molecular weight is 573 g/mol. The minimum atomic E-state index is -3.98. The number of thioether (sulfide) groups is 1. The summed E-state index contributed by atoms with van der Waals surface area (Å²) in [6.45, 7) is 0.0477. The zero-order chi connectivity index (χ0) is 27.2. The number of nitrogens with two attached hydrogens (primary N) is 1. The summed E-state index contributed by atoms with van der Waals surface area (Å²) in [5, 5.41) is 13.1. The van der Waals surface area contributed by atoms with Crippen LogP contribution in [0.1, 0.15) is 17.7 Å². The highest BCUT2D eigenvalue weighted by atomic mass is 32.2. The van der Waals surface area contributed by atoms with Crippen molar-refractivity contribution in [2.24, 2.45) is 12.8 Å². The largest absolute Gasteiger partial charge is 0.481 e. The summed E-state index contributed by atoms with van der Waals surface area (Å²) in [4.78, 5) is 55.0. The Kier molecular flexibility index (Phi) is 9.69. The maximum Gasteiger partial charge on any atom is 0.313 e. The topological polar surface area (TPSA) is 194 Å². The number of carboxylic acids is 1. The number of aliphatic carboxylic acids is 1. The Morgan fingerprint density at radius 2 is 2.08 bits per heavy atom. The monoisotopic (exact) mass is 572 g/mol. The van der Waals surface area contributed by atoms with Crippen LogP contribution in [0.2, 0.25) is 0 Å². The zero-order valence-corrected chi connectivity index (χ0v) is 22.4.